The maximum Gasteiger partial charge on any atom is 0.508 e. The Morgan fingerprint density at radius 1 is 0.158 bits per heavy atom. The maximum absolute atomic E-state index is 11.3. The maximum atomic E-state index is 11.3. The minimum atomic E-state index is -0.631. The third-order valence-electron chi connectivity index (χ3n) is 13.7. The van der Waals surface area contributed by atoms with Crippen LogP contribution in [0.2, 0.25) is 0 Å². The summed E-state index contributed by atoms with van der Waals surface area (Å²) in [6, 6.07) is 0. The summed E-state index contributed by atoms with van der Waals surface area (Å²) in [5, 5.41) is 121. The number of unbranched alkanes of at least 4 members (excludes halogenated alkanes) is 17. The molecule has 0 aromatic carbocycles. The molecule has 0 aliphatic heterocycles. The average Bonchev–Trinajstić information content (AvgIpc) is 1.28. The van der Waals surface area contributed by atoms with E-state index in [1.54, 1.807) is 0 Å². The molecule has 0 radical (unpaired) electrons. The first-order chi connectivity index (χ1) is 55.7. The SMILES string of the molecule is O=C(CCCCC(=O)OCCO)OCCO.O=C(CCCCC(=O)OCCOCCO)OCCOCCO.O=C(OCCCCCO)OCCCCCO.O=C(OCCCCCO)OCCCCCO.O=C(OCCCCCOCCO)OCCCCCOCCO.OCCCCCNCCO.OCCOCCCCOCCO. The molecule has 0 spiro atoms. The van der Waals surface area contributed by atoms with E-state index in [-0.39, 0.29) is 188 Å². The minimum Gasteiger partial charge on any atom is -0.463 e. The highest BCUT2D eigenvalue weighted by Crippen LogP contribution is 2.07. The zero-order valence-corrected chi connectivity index (χ0v) is 68.4. The molecular formula is C76H153NO37. The smallest absolute Gasteiger partial charge is 0.463 e. The summed E-state index contributed by atoms with van der Waals surface area (Å²) in [6.07, 6.45) is 20.6. The molecule has 0 aromatic heterocycles. The molecule has 38 nitrogen and oxygen atoms in total. The molecule has 0 aliphatic carbocycles. The van der Waals surface area contributed by atoms with Gasteiger partial charge < -0.3 is 153 Å². The van der Waals surface area contributed by atoms with Crippen molar-refractivity contribution in [3.63, 3.8) is 0 Å². The van der Waals surface area contributed by atoms with Crippen molar-refractivity contribution in [2.45, 2.75) is 199 Å². The lowest BCUT2D eigenvalue weighted by Gasteiger charge is -2.06. The number of ether oxygens (including phenoxy) is 16. The normalized spacial score (nSPS) is 10.3. The van der Waals surface area contributed by atoms with Crippen LogP contribution in [0.25, 0.3) is 0 Å². The van der Waals surface area contributed by atoms with Gasteiger partial charge in [-0.15, -0.1) is 0 Å². The summed E-state index contributed by atoms with van der Waals surface area (Å²) in [6.45, 7) is 10.2. The van der Waals surface area contributed by atoms with Crippen molar-refractivity contribution < 1.29 is 181 Å². The average molecular weight is 1670 g/mol. The Labute approximate surface area is 676 Å². The molecule has 684 valence electrons. The largest absolute Gasteiger partial charge is 0.508 e. The van der Waals surface area contributed by atoms with Gasteiger partial charge in [-0.05, 0) is 180 Å². The van der Waals surface area contributed by atoms with Crippen LogP contribution in [0.4, 0.5) is 14.4 Å². The van der Waals surface area contributed by atoms with Crippen LogP contribution in [0.5, 0.6) is 0 Å². The van der Waals surface area contributed by atoms with E-state index in [2.05, 4.69) is 14.8 Å². The molecule has 0 rings (SSSR count). The van der Waals surface area contributed by atoms with Crippen molar-refractivity contribution in [3.8, 4) is 0 Å². The van der Waals surface area contributed by atoms with Crippen molar-refractivity contribution in [1.29, 1.82) is 0 Å². The van der Waals surface area contributed by atoms with Crippen LogP contribution in [0, 0.1) is 0 Å². The van der Waals surface area contributed by atoms with Crippen LogP contribution in [-0.4, -0.2) is 365 Å². The minimum absolute atomic E-state index is 0.0113. The lowest BCUT2D eigenvalue weighted by molar-refractivity contribution is -0.147. The third kappa shape index (κ3) is 133. The highest BCUT2D eigenvalue weighted by Gasteiger charge is 2.10. The standard InChI is InChI=1S/C15H30O7.C14H26O8.2C11H22O5.C10H18O6.C8H18O4.C7H17NO2/c16-7-13-19-9-3-1-5-11-21-15(18)22-12-6-2-4-10-20-14-8-17;15-5-7-19-9-11-21-13(17)3-1-2-4-14(18)22-12-10-20-8-6-16;2*12-7-3-1-5-9-15-11(14)16-10-6-2-4-8-13;11-5-7-15-9(13)3-1-2-4-10(14)16-8-6-12;9-3-7-11-5-1-2-6-12-8-4-10;9-6-3-1-2-4-8-5-7-10/h16-17H,1-14H2;15-16H,1-12H2;2*12-13H,1-10H2;11-12H,1-8H2;9-10H,1-8H2;8-10H,1-7H2. The Morgan fingerprint density at radius 3 is 0.588 bits per heavy atom. The van der Waals surface area contributed by atoms with Crippen LogP contribution >= 0.6 is 0 Å². The molecule has 0 bridgehead atoms. The van der Waals surface area contributed by atoms with Crippen LogP contribution in [0.3, 0.4) is 0 Å². The van der Waals surface area contributed by atoms with Crippen LogP contribution < -0.4 is 5.32 Å². The first-order valence-electron chi connectivity index (χ1n) is 40.4. The Hall–Kier alpha value is -5.15. The Bertz CT molecular complexity index is 1720. The van der Waals surface area contributed by atoms with Crippen molar-refractivity contribution in [1.82, 2.24) is 5.32 Å². The van der Waals surface area contributed by atoms with Gasteiger partial charge in [-0.1, -0.05) is 0 Å². The van der Waals surface area contributed by atoms with Gasteiger partial charge >= 0.3 is 42.3 Å². The summed E-state index contributed by atoms with van der Waals surface area (Å²) >= 11 is 0. The van der Waals surface area contributed by atoms with Crippen LogP contribution in [0.15, 0.2) is 0 Å². The van der Waals surface area contributed by atoms with Crippen molar-refractivity contribution in [2.24, 2.45) is 0 Å². The Morgan fingerprint density at radius 2 is 0.360 bits per heavy atom. The van der Waals surface area contributed by atoms with Gasteiger partial charge in [0.2, 0.25) is 0 Å². The second kappa shape index (κ2) is 119. The number of aliphatic hydroxyl groups is 14. The van der Waals surface area contributed by atoms with E-state index in [9.17, 15) is 33.6 Å². The monoisotopic (exact) mass is 1670 g/mol. The van der Waals surface area contributed by atoms with E-state index in [1.807, 2.05) is 0 Å². The molecular weight excluding hydrogens is 1520 g/mol. The fraction of sp³-hybridized carbons (Fsp3) is 0.908. The first kappa shape index (κ1) is 122. The van der Waals surface area contributed by atoms with Gasteiger partial charge in [0, 0.05) is 91.7 Å². The van der Waals surface area contributed by atoms with Crippen molar-refractivity contribution in [3.05, 3.63) is 0 Å². The number of rotatable bonds is 76. The Kier molecular flexibility index (Phi) is 127. The Balaban J connectivity index is -0.000000238. The van der Waals surface area contributed by atoms with E-state index >= 15 is 0 Å². The van der Waals surface area contributed by atoms with Gasteiger partial charge in [-0.3, -0.25) is 19.2 Å². The summed E-state index contributed by atoms with van der Waals surface area (Å²) in [5.74, 6) is -1.42. The number of esters is 4. The van der Waals surface area contributed by atoms with Crippen LogP contribution in [-0.2, 0) is 95.0 Å². The number of hydrogen-bond donors (Lipinski definition) is 15. The highest BCUT2D eigenvalue weighted by atomic mass is 16.7. The number of aliphatic hydroxyl groups excluding tert-OH is 14. The van der Waals surface area contributed by atoms with E-state index < -0.39 is 18.5 Å². The second-order valence-corrected chi connectivity index (χ2v) is 23.8. The number of carbonyl (C=O) groups is 7. The zero-order valence-electron chi connectivity index (χ0n) is 68.4. The number of hydrogen-bond acceptors (Lipinski definition) is 38. The second-order valence-electron chi connectivity index (χ2n) is 23.8. The molecule has 0 aliphatic rings. The molecule has 0 heterocycles. The highest BCUT2D eigenvalue weighted by molar-refractivity contribution is 5.71. The molecule has 0 saturated heterocycles. The van der Waals surface area contributed by atoms with Gasteiger partial charge in [-0.2, -0.15) is 0 Å². The summed E-state index contributed by atoms with van der Waals surface area (Å²) in [5.41, 5.74) is 0. The van der Waals surface area contributed by atoms with E-state index in [1.165, 1.54) is 0 Å². The molecule has 0 aromatic rings. The molecule has 0 atom stereocenters. The number of carbonyl (C=O) groups excluding carboxylic acids is 7. The van der Waals surface area contributed by atoms with Gasteiger partial charge in [0.1, 0.15) is 26.4 Å². The van der Waals surface area contributed by atoms with Crippen LogP contribution in [0.1, 0.15) is 199 Å². The molecule has 15 N–H and O–H groups in total. The van der Waals surface area contributed by atoms with Gasteiger partial charge in [-0.25, -0.2) is 14.4 Å². The summed E-state index contributed by atoms with van der Waals surface area (Å²) in [7, 11) is 0. The molecule has 0 saturated carbocycles. The fourth-order valence-electron chi connectivity index (χ4n) is 7.85. The van der Waals surface area contributed by atoms with Crippen molar-refractivity contribution in [2.75, 3.05) is 251 Å². The molecule has 0 unspecified atom stereocenters. The fourth-order valence-corrected chi connectivity index (χ4v) is 7.85. The summed E-state index contributed by atoms with van der Waals surface area (Å²) < 4.78 is 78.3. The topological polar surface area (TPSA) is 562 Å². The molecule has 38 heteroatoms. The predicted octanol–water partition coefficient (Wildman–Crippen LogP) is 3.21. The van der Waals surface area contributed by atoms with E-state index in [0.29, 0.717) is 131 Å². The van der Waals surface area contributed by atoms with E-state index in [0.717, 1.165) is 154 Å². The third-order valence-corrected chi connectivity index (χ3v) is 13.7. The molecule has 0 amide bonds. The number of nitrogens with one attached hydrogen (secondary N) is 1. The lowest BCUT2D eigenvalue weighted by atomic mass is 10.2. The van der Waals surface area contributed by atoms with Gasteiger partial charge in [0.05, 0.1) is 152 Å². The van der Waals surface area contributed by atoms with Crippen molar-refractivity contribution >= 4 is 42.3 Å². The summed E-state index contributed by atoms with van der Waals surface area (Å²) in [4.78, 5) is 77.7. The van der Waals surface area contributed by atoms with Gasteiger partial charge in [0.25, 0.3) is 0 Å². The predicted molar refractivity (Wildman–Crippen MR) is 416 cm³/mol. The lowest BCUT2D eigenvalue weighted by Crippen LogP contribution is -2.19. The molecule has 0 fully saturated rings. The molecule has 114 heavy (non-hydrogen) atoms. The van der Waals surface area contributed by atoms with E-state index in [4.69, 9.17) is 138 Å². The quantitative estimate of drug-likeness (QED) is 0.0236. The zero-order chi connectivity index (χ0) is 85.9. The first-order valence-corrected chi connectivity index (χ1v) is 40.4. The van der Waals surface area contributed by atoms with Gasteiger partial charge in [0.15, 0.2) is 0 Å².